The lowest BCUT2D eigenvalue weighted by Gasteiger charge is -2.14. The largest absolute Gasteiger partial charge is 0.325 e. The van der Waals surface area contributed by atoms with E-state index in [1.54, 1.807) is 12.1 Å². The lowest BCUT2D eigenvalue weighted by Crippen LogP contribution is -2.32. The zero-order valence-electron chi connectivity index (χ0n) is 12.1. The van der Waals surface area contributed by atoms with Crippen LogP contribution in [0.5, 0.6) is 0 Å². The maximum Gasteiger partial charge on any atom is 0.240 e. The molecule has 0 heterocycles. The van der Waals surface area contributed by atoms with Gasteiger partial charge in [-0.25, -0.2) is 13.1 Å². The van der Waals surface area contributed by atoms with Crippen LogP contribution < -0.4 is 10.0 Å². The summed E-state index contributed by atoms with van der Waals surface area (Å²) in [6, 6.07) is 4.59. The van der Waals surface area contributed by atoms with Crippen LogP contribution in [0.2, 0.25) is 0 Å². The number of carbonyl (C=O) groups is 1. The van der Waals surface area contributed by atoms with E-state index in [9.17, 15) is 13.2 Å². The number of carbonyl (C=O) groups excluding carboxylic acids is 1. The summed E-state index contributed by atoms with van der Waals surface area (Å²) >= 11 is 1.45. The lowest BCUT2D eigenvalue weighted by atomic mass is 10.3. The number of rotatable bonds is 6. The van der Waals surface area contributed by atoms with Gasteiger partial charge in [-0.15, -0.1) is 11.8 Å². The Morgan fingerprint density at radius 2 is 2.05 bits per heavy atom. The van der Waals surface area contributed by atoms with Gasteiger partial charge in [0.05, 0.1) is 10.6 Å². The Labute approximate surface area is 124 Å². The third kappa shape index (κ3) is 4.50. The molecule has 1 aromatic rings. The smallest absolute Gasteiger partial charge is 0.240 e. The molecule has 0 saturated carbocycles. The van der Waals surface area contributed by atoms with Gasteiger partial charge in [0.25, 0.3) is 0 Å². The second kappa shape index (κ2) is 7.10. The van der Waals surface area contributed by atoms with E-state index in [0.717, 1.165) is 4.90 Å². The fourth-order valence-corrected chi connectivity index (χ4v) is 3.44. The van der Waals surface area contributed by atoms with Gasteiger partial charge in [-0.2, -0.15) is 0 Å². The van der Waals surface area contributed by atoms with Gasteiger partial charge in [0.15, 0.2) is 0 Å². The van der Waals surface area contributed by atoms with Crippen LogP contribution in [-0.4, -0.2) is 26.6 Å². The standard InChI is InChI=1S/C13H20N2O3S2/c1-5-9(2)15-20(17,18)11-6-7-13(19-4)12(8-11)14-10(3)16/h6-9,15H,5H2,1-4H3,(H,14,16). The molecule has 1 rings (SSSR count). The Bertz CT molecular complexity index is 585. The molecule has 0 bridgehead atoms. The molecule has 0 aliphatic carbocycles. The van der Waals surface area contributed by atoms with Crippen molar-refractivity contribution in [2.45, 2.75) is 43.0 Å². The van der Waals surface area contributed by atoms with Gasteiger partial charge in [0.1, 0.15) is 0 Å². The van der Waals surface area contributed by atoms with Crippen molar-refractivity contribution in [2.24, 2.45) is 0 Å². The number of hydrogen-bond acceptors (Lipinski definition) is 4. The molecule has 20 heavy (non-hydrogen) atoms. The third-order valence-corrected chi connectivity index (χ3v) is 5.14. The molecule has 1 aromatic carbocycles. The first kappa shape index (κ1) is 17.0. The summed E-state index contributed by atoms with van der Waals surface area (Å²) in [5.41, 5.74) is 0.511. The Hall–Kier alpha value is -1.05. The summed E-state index contributed by atoms with van der Waals surface area (Å²) in [6.07, 6.45) is 2.58. The number of amides is 1. The zero-order chi connectivity index (χ0) is 15.3. The lowest BCUT2D eigenvalue weighted by molar-refractivity contribution is -0.114. The molecule has 2 N–H and O–H groups in total. The minimum Gasteiger partial charge on any atom is -0.325 e. The molecule has 7 heteroatoms. The highest BCUT2D eigenvalue weighted by molar-refractivity contribution is 7.98. The molecule has 0 aliphatic rings. The molecule has 0 fully saturated rings. The van der Waals surface area contributed by atoms with E-state index in [4.69, 9.17) is 0 Å². The number of benzene rings is 1. The predicted octanol–water partition coefficient (Wildman–Crippen LogP) is 2.44. The van der Waals surface area contributed by atoms with Crippen LogP contribution in [0.3, 0.4) is 0 Å². The molecule has 5 nitrogen and oxygen atoms in total. The minimum absolute atomic E-state index is 0.135. The molecular weight excluding hydrogens is 296 g/mol. The molecule has 1 unspecified atom stereocenters. The van der Waals surface area contributed by atoms with Crippen molar-refractivity contribution in [3.8, 4) is 0 Å². The monoisotopic (exact) mass is 316 g/mol. The van der Waals surface area contributed by atoms with E-state index in [1.807, 2.05) is 20.1 Å². The van der Waals surface area contributed by atoms with Crippen LogP contribution in [0, 0.1) is 0 Å². The SMILES string of the molecule is CCC(C)NS(=O)(=O)c1ccc(SC)c(NC(C)=O)c1. The second-order valence-electron chi connectivity index (χ2n) is 4.47. The van der Waals surface area contributed by atoms with Gasteiger partial charge in [0.2, 0.25) is 15.9 Å². The quantitative estimate of drug-likeness (QED) is 0.791. The van der Waals surface area contributed by atoms with E-state index >= 15 is 0 Å². The van der Waals surface area contributed by atoms with Crippen molar-refractivity contribution in [1.82, 2.24) is 4.72 Å². The summed E-state index contributed by atoms with van der Waals surface area (Å²) in [7, 11) is -3.57. The maximum atomic E-state index is 12.2. The number of hydrogen-bond donors (Lipinski definition) is 2. The normalized spacial score (nSPS) is 13.0. The van der Waals surface area contributed by atoms with Gasteiger partial charge < -0.3 is 5.32 Å². The predicted molar refractivity (Wildman–Crippen MR) is 82.6 cm³/mol. The Kier molecular flexibility index (Phi) is 6.04. The maximum absolute atomic E-state index is 12.2. The van der Waals surface area contributed by atoms with E-state index in [1.165, 1.54) is 24.8 Å². The van der Waals surface area contributed by atoms with Crippen molar-refractivity contribution in [3.63, 3.8) is 0 Å². The molecule has 0 aliphatic heterocycles. The number of nitrogens with one attached hydrogen (secondary N) is 2. The van der Waals surface area contributed by atoms with Crippen molar-refractivity contribution in [1.29, 1.82) is 0 Å². The van der Waals surface area contributed by atoms with Crippen LogP contribution in [-0.2, 0) is 14.8 Å². The van der Waals surface area contributed by atoms with Crippen LogP contribution in [0.4, 0.5) is 5.69 Å². The highest BCUT2D eigenvalue weighted by atomic mass is 32.2. The first-order valence-electron chi connectivity index (χ1n) is 6.28. The highest BCUT2D eigenvalue weighted by Crippen LogP contribution is 2.28. The van der Waals surface area contributed by atoms with Crippen LogP contribution in [0.15, 0.2) is 28.0 Å². The Morgan fingerprint density at radius 1 is 1.40 bits per heavy atom. The molecule has 1 amide bonds. The molecule has 0 aromatic heterocycles. The number of anilines is 1. The summed E-state index contributed by atoms with van der Waals surface area (Å²) < 4.78 is 27.0. The first-order valence-corrected chi connectivity index (χ1v) is 8.99. The Morgan fingerprint density at radius 3 is 2.55 bits per heavy atom. The van der Waals surface area contributed by atoms with Gasteiger partial charge >= 0.3 is 0 Å². The summed E-state index contributed by atoms with van der Waals surface area (Å²) in [5, 5.41) is 2.65. The van der Waals surface area contributed by atoms with E-state index in [-0.39, 0.29) is 16.8 Å². The van der Waals surface area contributed by atoms with E-state index < -0.39 is 10.0 Å². The van der Waals surface area contributed by atoms with Gasteiger partial charge in [-0.05, 0) is 37.8 Å². The molecule has 0 radical (unpaired) electrons. The van der Waals surface area contributed by atoms with Crippen molar-refractivity contribution in [3.05, 3.63) is 18.2 Å². The third-order valence-electron chi connectivity index (χ3n) is 2.76. The fraction of sp³-hybridized carbons (Fsp3) is 0.462. The average Bonchev–Trinajstić information content (AvgIpc) is 2.37. The summed E-state index contributed by atoms with van der Waals surface area (Å²) in [6.45, 7) is 5.11. The van der Waals surface area contributed by atoms with Gasteiger partial charge in [0, 0.05) is 17.9 Å². The topological polar surface area (TPSA) is 75.3 Å². The number of thioether (sulfide) groups is 1. The van der Waals surface area contributed by atoms with Crippen molar-refractivity contribution < 1.29 is 13.2 Å². The first-order chi connectivity index (χ1) is 9.30. The molecule has 0 saturated heterocycles. The second-order valence-corrected chi connectivity index (χ2v) is 7.04. The van der Waals surface area contributed by atoms with Crippen LogP contribution in [0.25, 0.3) is 0 Å². The Balaban J connectivity index is 3.16. The van der Waals surface area contributed by atoms with Crippen molar-refractivity contribution in [2.75, 3.05) is 11.6 Å². The van der Waals surface area contributed by atoms with E-state index in [0.29, 0.717) is 12.1 Å². The van der Waals surface area contributed by atoms with Gasteiger partial charge in [-0.3, -0.25) is 4.79 Å². The van der Waals surface area contributed by atoms with Crippen LogP contribution >= 0.6 is 11.8 Å². The number of sulfonamides is 1. The molecule has 112 valence electrons. The highest BCUT2D eigenvalue weighted by Gasteiger charge is 2.18. The zero-order valence-corrected chi connectivity index (χ0v) is 13.7. The molecule has 1 atom stereocenters. The van der Waals surface area contributed by atoms with Crippen molar-refractivity contribution >= 4 is 33.4 Å². The average molecular weight is 316 g/mol. The van der Waals surface area contributed by atoms with E-state index in [2.05, 4.69) is 10.0 Å². The van der Waals surface area contributed by atoms with Gasteiger partial charge in [-0.1, -0.05) is 6.92 Å². The fourth-order valence-electron chi connectivity index (χ4n) is 1.56. The molecular formula is C13H20N2O3S2. The summed E-state index contributed by atoms with van der Waals surface area (Å²) in [4.78, 5) is 12.2. The minimum atomic E-state index is -3.57. The summed E-state index contributed by atoms with van der Waals surface area (Å²) in [5.74, 6) is -0.232. The molecule has 0 spiro atoms. The van der Waals surface area contributed by atoms with Crippen LogP contribution in [0.1, 0.15) is 27.2 Å².